The summed E-state index contributed by atoms with van der Waals surface area (Å²) in [6, 6.07) is 23.2. The lowest BCUT2D eigenvalue weighted by Crippen LogP contribution is -2.04. The van der Waals surface area contributed by atoms with Crippen LogP contribution in [0.15, 0.2) is 79.0 Å². The quantitative estimate of drug-likeness (QED) is 0.363. The molecule has 0 aliphatic carbocycles. The normalized spacial score (nSPS) is 11.1. The van der Waals surface area contributed by atoms with E-state index in [0.717, 1.165) is 44.4 Å². The van der Waals surface area contributed by atoms with Crippen molar-refractivity contribution in [2.45, 2.75) is 20.1 Å². The monoisotopic (exact) mass is 432 g/mol. The molecule has 0 fully saturated rings. The number of aliphatic hydroxyl groups excluding tert-OH is 1. The maximum atomic E-state index is 13.8. The molecule has 0 atom stereocenters. The highest BCUT2D eigenvalue weighted by Gasteiger charge is 2.18. The van der Waals surface area contributed by atoms with Crippen molar-refractivity contribution in [2.24, 2.45) is 0 Å². The van der Waals surface area contributed by atoms with Gasteiger partial charge < -0.3 is 9.67 Å². The molecule has 5 rings (SSSR count). The Morgan fingerprint density at radius 1 is 0.935 bits per heavy atom. The Kier molecular flexibility index (Phi) is 5.77. The van der Waals surface area contributed by atoms with E-state index in [0.29, 0.717) is 6.54 Å². The van der Waals surface area contributed by atoms with Gasteiger partial charge in [0.2, 0.25) is 0 Å². The van der Waals surface area contributed by atoms with Gasteiger partial charge in [-0.1, -0.05) is 48.5 Å². The molecule has 0 amide bonds. The van der Waals surface area contributed by atoms with Gasteiger partial charge in [0, 0.05) is 34.9 Å². The van der Waals surface area contributed by atoms with Crippen LogP contribution in [0, 0.1) is 12.7 Å². The van der Waals surface area contributed by atoms with Gasteiger partial charge in [0.25, 0.3) is 0 Å². The van der Waals surface area contributed by atoms with Crippen LogP contribution in [-0.4, -0.2) is 14.7 Å². The standard InChI is InChI=1S/C26H21FN2O.ClH/c1-17-24(16-30)23-11-12-28-25(21-10-9-19-6-2-3-7-20(19)14-21)26(23)29(17)15-18-5-4-8-22(27)13-18;/h2-14,30H,15-16H2,1H3;1H. The highest BCUT2D eigenvalue weighted by Crippen LogP contribution is 2.34. The van der Waals surface area contributed by atoms with Gasteiger partial charge in [0.1, 0.15) is 5.82 Å². The number of pyridine rings is 1. The Bertz CT molecular complexity index is 1390. The molecule has 1 N–H and O–H groups in total. The Morgan fingerprint density at radius 2 is 1.74 bits per heavy atom. The molecule has 2 heterocycles. The molecule has 3 aromatic carbocycles. The number of fused-ring (bicyclic) bond motifs is 2. The van der Waals surface area contributed by atoms with Gasteiger partial charge in [-0.3, -0.25) is 4.98 Å². The van der Waals surface area contributed by atoms with Crippen LogP contribution in [0.1, 0.15) is 16.8 Å². The molecule has 156 valence electrons. The first kappa shape index (κ1) is 21.0. The van der Waals surface area contributed by atoms with Crippen molar-refractivity contribution in [3.8, 4) is 11.3 Å². The van der Waals surface area contributed by atoms with Gasteiger partial charge in [0.15, 0.2) is 0 Å². The van der Waals surface area contributed by atoms with Gasteiger partial charge >= 0.3 is 0 Å². The van der Waals surface area contributed by atoms with E-state index in [2.05, 4.69) is 34.9 Å². The fraction of sp³-hybridized carbons (Fsp3) is 0.115. The van der Waals surface area contributed by atoms with Crippen LogP contribution in [-0.2, 0) is 13.2 Å². The second kappa shape index (κ2) is 8.50. The molecular weight excluding hydrogens is 411 g/mol. The number of aliphatic hydroxyl groups is 1. The van der Waals surface area contributed by atoms with Crippen molar-refractivity contribution in [2.75, 3.05) is 0 Å². The Balaban J connectivity index is 0.00000231. The topological polar surface area (TPSA) is 38.1 Å². The predicted molar refractivity (Wildman–Crippen MR) is 126 cm³/mol. The fourth-order valence-corrected chi connectivity index (χ4v) is 4.26. The fourth-order valence-electron chi connectivity index (χ4n) is 4.26. The lowest BCUT2D eigenvalue weighted by atomic mass is 10.0. The molecule has 0 spiro atoms. The van der Waals surface area contributed by atoms with Gasteiger partial charge in [0.05, 0.1) is 17.8 Å². The van der Waals surface area contributed by atoms with E-state index in [4.69, 9.17) is 4.98 Å². The smallest absolute Gasteiger partial charge is 0.123 e. The summed E-state index contributed by atoms with van der Waals surface area (Å²) in [7, 11) is 0. The number of nitrogens with zero attached hydrogens (tertiary/aromatic N) is 2. The van der Waals surface area contributed by atoms with E-state index < -0.39 is 0 Å². The molecular formula is C26H22ClFN2O. The van der Waals surface area contributed by atoms with Crippen molar-refractivity contribution in [1.29, 1.82) is 0 Å². The number of aromatic nitrogens is 2. The summed E-state index contributed by atoms with van der Waals surface area (Å²) in [5.41, 5.74) is 5.54. The molecule has 0 saturated carbocycles. The Morgan fingerprint density at radius 3 is 2.52 bits per heavy atom. The summed E-state index contributed by atoms with van der Waals surface area (Å²) in [6.45, 7) is 2.45. The van der Waals surface area contributed by atoms with Crippen LogP contribution < -0.4 is 0 Å². The molecule has 31 heavy (non-hydrogen) atoms. The molecule has 5 heteroatoms. The van der Waals surface area contributed by atoms with Crippen molar-refractivity contribution in [3.05, 3.63) is 102 Å². The predicted octanol–water partition coefficient (Wildman–Crippen LogP) is 6.27. The number of hydrogen-bond donors (Lipinski definition) is 1. The summed E-state index contributed by atoms with van der Waals surface area (Å²) < 4.78 is 15.9. The first-order valence-corrected chi connectivity index (χ1v) is 9.97. The largest absolute Gasteiger partial charge is 0.392 e. The highest BCUT2D eigenvalue weighted by molar-refractivity contribution is 5.98. The van der Waals surface area contributed by atoms with Crippen LogP contribution >= 0.6 is 12.4 Å². The van der Waals surface area contributed by atoms with E-state index in [1.807, 2.05) is 31.2 Å². The van der Waals surface area contributed by atoms with Crippen molar-refractivity contribution in [3.63, 3.8) is 0 Å². The van der Waals surface area contributed by atoms with Crippen LogP contribution in [0.4, 0.5) is 4.39 Å². The molecule has 5 aromatic rings. The van der Waals surface area contributed by atoms with Crippen LogP contribution in [0.25, 0.3) is 32.9 Å². The van der Waals surface area contributed by atoms with Crippen LogP contribution in [0.5, 0.6) is 0 Å². The summed E-state index contributed by atoms with van der Waals surface area (Å²) in [5.74, 6) is -0.253. The van der Waals surface area contributed by atoms with Gasteiger partial charge in [-0.05, 0) is 47.5 Å². The first-order chi connectivity index (χ1) is 14.7. The third-order valence-corrected chi connectivity index (χ3v) is 5.77. The minimum Gasteiger partial charge on any atom is -0.392 e. The van der Waals surface area contributed by atoms with Crippen LogP contribution in [0.2, 0.25) is 0 Å². The Labute approximate surface area is 186 Å². The van der Waals surface area contributed by atoms with Gasteiger partial charge in [-0.15, -0.1) is 12.4 Å². The molecule has 3 nitrogen and oxygen atoms in total. The van der Waals surface area contributed by atoms with Gasteiger partial charge in [-0.2, -0.15) is 0 Å². The molecule has 0 aliphatic heterocycles. The second-order valence-corrected chi connectivity index (χ2v) is 7.56. The summed E-state index contributed by atoms with van der Waals surface area (Å²) in [6.07, 6.45) is 1.79. The summed E-state index contributed by atoms with van der Waals surface area (Å²) in [4.78, 5) is 4.72. The van der Waals surface area contributed by atoms with E-state index in [9.17, 15) is 9.50 Å². The number of rotatable bonds is 4. The second-order valence-electron chi connectivity index (χ2n) is 7.56. The van der Waals surface area contributed by atoms with Gasteiger partial charge in [-0.25, -0.2) is 4.39 Å². The van der Waals surface area contributed by atoms with E-state index in [1.54, 1.807) is 18.3 Å². The molecule has 2 aromatic heterocycles. The average molecular weight is 433 g/mol. The van der Waals surface area contributed by atoms with Crippen molar-refractivity contribution in [1.82, 2.24) is 9.55 Å². The lowest BCUT2D eigenvalue weighted by Gasteiger charge is -2.12. The highest BCUT2D eigenvalue weighted by atomic mass is 35.5. The summed E-state index contributed by atoms with van der Waals surface area (Å²) >= 11 is 0. The van der Waals surface area contributed by atoms with Crippen molar-refractivity contribution < 1.29 is 9.50 Å². The zero-order chi connectivity index (χ0) is 20.7. The van der Waals surface area contributed by atoms with E-state index >= 15 is 0 Å². The number of benzene rings is 3. The SMILES string of the molecule is Cc1c(CO)c2ccnc(-c3ccc4ccccc4c3)c2n1Cc1cccc(F)c1.Cl. The first-order valence-electron chi connectivity index (χ1n) is 9.97. The zero-order valence-electron chi connectivity index (χ0n) is 17.0. The third-order valence-electron chi connectivity index (χ3n) is 5.77. The average Bonchev–Trinajstić information content (AvgIpc) is 3.04. The zero-order valence-corrected chi connectivity index (χ0v) is 17.9. The number of hydrogen-bond acceptors (Lipinski definition) is 2. The van der Waals surface area contributed by atoms with Crippen LogP contribution in [0.3, 0.4) is 0 Å². The minimum atomic E-state index is -0.253. The molecule has 0 radical (unpaired) electrons. The molecule has 0 saturated heterocycles. The maximum absolute atomic E-state index is 13.8. The third kappa shape index (κ3) is 3.69. The maximum Gasteiger partial charge on any atom is 0.123 e. The lowest BCUT2D eigenvalue weighted by molar-refractivity contribution is 0.282. The Hall–Kier alpha value is -3.21. The number of halogens is 2. The minimum absolute atomic E-state index is 0. The molecule has 0 aliphatic rings. The molecule has 0 unspecified atom stereocenters. The van der Waals surface area contributed by atoms with Crippen molar-refractivity contribution >= 4 is 34.1 Å². The van der Waals surface area contributed by atoms with E-state index in [1.165, 1.54) is 11.5 Å². The van der Waals surface area contributed by atoms with E-state index in [-0.39, 0.29) is 24.8 Å². The molecule has 0 bridgehead atoms. The summed E-state index contributed by atoms with van der Waals surface area (Å²) in [5, 5.41) is 13.4.